The molecule has 0 saturated carbocycles. The molecule has 0 aliphatic carbocycles. The standard InChI is InChI=1S/C10H13I.C9H11NO2/c1-6-5-10(11)9(4)8(3)7(6)2;1-6-4-7(2)9(10(11)12)8(3)5-6/h5H,1-4H3;4-5H,1-3H3. The smallest absolute Gasteiger partial charge is 0.258 e. The Bertz CT molecular complexity index is 702. The summed E-state index contributed by atoms with van der Waals surface area (Å²) in [5.41, 5.74) is 8.47. The van der Waals surface area contributed by atoms with Gasteiger partial charge in [-0.25, -0.2) is 0 Å². The molecule has 0 fully saturated rings. The number of halogens is 1. The highest BCUT2D eigenvalue weighted by atomic mass is 127. The van der Waals surface area contributed by atoms with Crippen LogP contribution in [0.4, 0.5) is 5.69 Å². The molecule has 0 unspecified atom stereocenters. The lowest BCUT2D eigenvalue weighted by molar-refractivity contribution is -0.386. The Morgan fingerprint density at radius 1 is 0.783 bits per heavy atom. The van der Waals surface area contributed by atoms with Crippen molar-refractivity contribution < 1.29 is 4.92 Å². The average Bonchev–Trinajstić information content (AvgIpc) is 2.42. The normalized spacial score (nSPS) is 10.1. The number of aryl methyl sites for hydroxylation is 4. The minimum absolute atomic E-state index is 0.237. The molecule has 0 aliphatic heterocycles. The van der Waals surface area contributed by atoms with E-state index in [1.807, 2.05) is 19.1 Å². The van der Waals surface area contributed by atoms with Gasteiger partial charge in [-0.05, 0) is 112 Å². The van der Waals surface area contributed by atoms with Crippen LogP contribution in [0.2, 0.25) is 0 Å². The first kappa shape index (κ1) is 19.6. The van der Waals surface area contributed by atoms with Crippen molar-refractivity contribution in [3.63, 3.8) is 0 Å². The predicted molar refractivity (Wildman–Crippen MR) is 105 cm³/mol. The maximum atomic E-state index is 10.6. The van der Waals surface area contributed by atoms with Crippen molar-refractivity contribution in [3.8, 4) is 0 Å². The lowest BCUT2D eigenvalue weighted by atomic mass is 10.0. The molecule has 0 bridgehead atoms. The summed E-state index contributed by atoms with van der Waals surface area (Å²) in [7, 11) is 0. The summed E-state index contributed by atoms with van der Waals surface area (Å²) in [4.78, 5) is 10.2. The lowest BCUT2D eigenvalue weighted by Gasteiger charge is -2.09. The highest BCUT2D eigenvalue weighted by Crippen LogP contribution is 2.23. The van der Waals surface area contributed by atoms with E-state index in [1.54, 1.807) is 13.8 Å². The van der Waals surface area contributed by atoms with Gasteiger partial charge in [0.05, 0.1) is 4.92 Å². The number of hydrogen-bond donors (Lipinski definition) is 0. The molecule has 0 spiro atoms. The van der Waals surface area contributed by atoms with Crippen LogP contribution < -0.4 is 0 Å². The van der Waals surface area contributed by atoms with Gasteiger partial charge in [0.25, 0.3) is 5.69 Å². The molecular formula is C19H24INO2. The van der Waals surface area contributed by atoms with Crippen molar-refractivity contribution in [2.75, 3.05) is 0 Å². The predicted octanol–water partition coefficient (Wildman–Crippen LogP) is 6.04. The van der Waals surface area contributed by atoms with E-state index in [9.17, 15) is 10.1 Å². The Morgan fingerprint density at radius 2 is 1.26 bits per heavy atom. The van der Waals surface area contributed by atoms with Crippen LogP contribution in [0.15, 0.2) is 18.2 Å². The fourth-order valence-electron chi connectivity index (χ4n) is 2.62. The second-order valence-corrected chi connectivity index (χ2v) is 7.22. The van der Waals surface area contributed by atoms with Gasteiger partial charge >= 0.3 is 0 Å². The molecule has 4 heteroatoms. The third-order valence-corrected chi connectivity index (χ3v) is 5.36. The van der Waals surface area contributed by atoms with Crippen molar-refractivity contribution in [3.05, 3.63) is 70.8 Å². The molecule has 0 heterocycles. The highest BCUT2D eigenvalue weighted by molar-refractivity contribution is 14.1. The summed E-state index contributed by atoms with van der Waals surface area (Å²) in [6.45, 7) is 14.2. The Labute approximate surface area is 152 Å². The molecule has 2 aromatic carbocycles. The number of nitrogens with zero attached hydrogens (tertiary/aromatic N) is 1. The van der Waals surface area contributed by atoms with E-state index < -0.39 is 0 Å². The molecule has 0 N–H and O–H groups in total. The summed E-state index contributed by atoms with van der Waals surface area (Å²) in [5, 5.41) is 10.6. The molecule has 0 amide bonds. The Balaban J connectivity index is 0.000000231. The van der Waals surface area contributed by atoms with Gasteiger partial charge in [0.1, 0.15) is 0 Å². The molecule has 0 atom stereocenters. The van der Waals surface area contributed by atoms with Gasteiger partial charge in [-0.2, -0.15) is 0 Å². The van der Waals surface area contributed by atoms with Gasteiger partial charge in [-0.1, -0.05) is 5.56 Å². The van der Waals surface area contributed by atoms with E-state index in [2.05, 4.69) is 56.4 Å². The SMILES string of the molecule is Cc1cc(C)c([N+](=O)[O-])c(C)c1.Cc1cc(I)c(C)c(C)c1C. The molecule has 0 saturated heterocycles. The van der Waals surface area contributed by atoms with Crippen LogP contribution in [0.5, 0.6) is 0 Å². The molecule has 0 aromatic heterocycles. The third-order valence-electron chi connectivity index (χ3n) is 4.24. The first-order valence-corrected chi connectivity index (χ1v) is 8.59. The van der Waals surface area contributed by atoms with Gasteiger partial charge in [0, 0.05) is 14.7 Å². The largest absolute Gasteiger partial charge is 0.275 e. The molecule has 2 rings (SSSR count). The zero-order valence-corrected chi connectivity index (χ0v) is 17.0. The van der Waals surface area contributed by atoms with Gasteiger partial charge in [-0.15, -0.1) is 0 Å². The van der Waals surface area contributed by atoms with Gasteiger partial charge in [0.2, 0.25) is 0 Å². The lowest BCUT2D eigenvalue weighted by Crippen LogP contribution is -1.95. The highest BCUT2D eigenvalue weighted by Gasteiger charge is 2.13. The van der Waals surface area contributed by atoms with Crippen LogP contribution >= 0.6 is 22.6 Å². The second kappa shape index (κ2) is 7.90. The molecule has 23 heavy (non-hydrogen) atoms. The zero-order chi connectivity index (χ0) is 17.9. The van der Waals surface area contributed by atoms with Crippen molar-refractivity contribution in [1.29, 1.82) is 0 Å². The summed E-state index contributed by atoms with van der Waals surface area (Å²) in [6.07, 6.45) is 0. The van der Waals surface area contributed by atoms with E-state index in [0.717, 1.165) is 16.7 Å². The van der Waals surface area contributed by atoms with E-state index in [-0.39, 0.29) is 10.6 Å². The van der Waals surface area contributed by atoms with Gasteiger partial charge in [0.15, 0.2) is 0 Å². The summed E-state index contributed by atoms with van der Waals surface area (Å²) in [5.74, 6) is 0. The summed E-state index contributed by atoms with van der Waals surface area (Å²) >= 11 is 2.39. The number of nitro groups is 1. The van der Waals surface area contributed by atoms with Crippen LogP contribution in [0.3, 0.4) is 0 Å². The van der Waals surface area contributed by atoms with Crippen molar-refractivity contribution in [2.24, 2.45) is 0 Å². The van der Waals surface area contributed by atoms with Gasteiger partial charge in [-0.3, -0.25) is 10.1 Å². The molecular weight excluding hydrogens is 401 g/mol. The number of benzene rings is 2. The number of rotatable bonds is 1. The monoisotopic (exact) mass is 425 g/mol. The first-order valence-electron chi connectivity index (χ1n) is 7.51. The molecule has 3 nitrogen and oxygen atoms in total. The van der Waals surface area contributed by atoms with Crippen molar-refractivity contribution in [1.82, 2.24) is 0 Å². The van der Waals surface area contributed by atoms with E-state index in [4.69, 9.17) is 0 Å². The Kier molecular flexibility index (Phi) is 6.74. The average molecular weight is 425 g/mol. The second-order valence-electron chi connectivity index (χ2n) is 6.05. The minimum atomic E-state index is -0.329. The zero-order valence-electron chi connectivity index (χ0n) is 14.9. The maximum absolute atomic E-state index is 10.6. The summed E-state index contributed by atoms with van der Waals surface area (Å²) < 4.78 is 1.38. The van der Waals surface area contributed by atoms with Crippen LogP contribution in [0.1, 0.15) is 38.9 Å². The molecule has 124 valence electrons. The number of hydrogen-bond acceptors (Lipinski definition) is 2. The minimum Gasteiger partial charge on any atom is -0.258 e. The topological polar surface area (TPSA) is 43.1 Å². The van der Waals surface area contributed by atoms with Crippen LogP contribution in [-0.2, 0) is 0 Å². The Hall–Kier alpha value is -1.43. The molecule has 0 aliphatic rings. The maximum Gasteiger partial charge on any atom is 0.275 e. The first-order chi connectivity index (χ1) is 10.6. The molecule has 2 aromatic rings. The van der Waals surface area contributed by atoms with Crippen molar-refractivity contribution in [2.45, 2.75) is 48.5 Å². The van der Waals surface area contributed by atoms with E-state index >= 15 is 0 Å². The fourth-order valence-corrected chi connectivity index (χ4v) is 3.49. The number of nitro benzene ring substituents is 1. The summed E-state index contributed by atoms with van der Waals surface area (Å²) in [6, 6.07) is 5.90. The third kappa shape index (κ3) is 4.77. The van der Waals surface area contributed by atoms with Crippen molar-refractivity contribution >= 4 is 28.3 Å². The van der Waals surface area contributed by atoms with Crippen LogP contribution in [-0.4, -0.2) is 4.92 Å². The fraction of sp³-hybridized carbons (Fsp3) is 0.368. The van der Waals surface area contributed by atoms with E-state index in [1.165, 1.54) is 25.8 Å². The molecule has 0 radical (unpaired) electrons. The van der Waals surface area contributed by atoms with E-state index in [0.29, 0.717) is 0 Å². The van der Waals surface area contributed by atoms with Crippen LogP contribution in [0, 0.1) is 62.2 Å². The van der Waals surface area contributed by atoms with Gasteiger partial charge < -0.3 is 0 Å². The Morgan fingerprint density at radius 3 is 1.70 bits per heavy atom. The van der Waals surface area contributed by atoms with Crippen LogP contribution in [0.25, 0.3) is 0 Å². The quantitative estimate of drug-likeness (QED) is 0.317.